The molecule has 1 saturated heterocycles. The topological polar surface area (TPSA) is 44.0 Å². The van der Waals surface area contributed by atoms with Gasteiger partial charge < -0.3 is 5.32 Å². The number of hydrogen-bond donors (Lipinski definition) is 2. The van der Waals surface area contributed by atoms with Crippen molar-refractivity contribution >= 4 is 16.6 Å². The van der Waals surface area contributed by atoms with E-state index in [1.807, 2.05) is 6.20 Å². The van der Waals surface area contributed by atoms with Crippen molar-refractivity contribution in [3.63, 3.8) is 0 Å². The molecule has 1 atom stereocenters. The highest BCUT2D eigenvalue weighted by Crippen LogP contribution is 2.22. The largest absolute Gasteiger partial charge is 0.381 e. The minimum Gasteiger partial charge on any atom is -0.381 e. The Hall–Kier alpha value is -2.33. The average Bonchev–Trinajstić information content (AvgIpc) is 3.07. The lowest BCUT2D eigenvalue weighted by atomic mass is 10.0. The van der Waals surface area contributed by atoms with Gasteiger partial charge >= 0.3 is 0 Å². The molecule has 130 valence electrons. The van der Waals surface area contributed by atoms with Crippen LogP contribution >= 0.6 is 0 Å². The van der Waals surface area contributed by atoms with E-state index in [0.717, 1.165) is 24.0 Å². The first kappa shape index (κ1) is 16.2. The Morgan fingerprint density at radius 3 is 3.08 bits per heavy atom. The van der Waals surface area contributed by atoms with E-state index in [4.69, 9.17) is 0 Å². The van der Waals surface area contributed by atoms with Gasteiger partial charge in [0.25, 0.3) is 0 Å². The van der Waals surface area contributed by atoms with E-state index in [9.17, 15) is 0 Å². The number of nitrogens with zero attached hydrogens (tertiary/aromatic N) is 2. The van der Waals surface area contributed by atoms with Crippen LogP contribution < -0.4 is 5.32 Å². The summed E-state index contributed by atoms with van der Waals surface area (Å²) in [4.78, 5) is 2.58. The third-order valence-corrected chi connectivity index (χ3v) is 5.43. The van der Waals surface area contributed by atoms with Crippen LogP contribution in [0.4, 0.5) is 5.69 Å². The molecule has 4 heteroatoms. The molecule has 0 amide bonds. The number of aromatic amines is 1. The SMILES string of the molecule is Cc1cccc(CN2CCC[C@@H](Nc3ccc4[nH]ncc4c3)C2)c1C. The van der Waals surface area contributed by atoms with Crippen LogP contribution in [0.2, 0.25) is 0 Å². The summed E-state index contributed by atoms with van der Waals surface area (Å²) in [6.07, 6.45) is 4.36. The molecule has 0 saturated carbocycles. The van der Waals surface area contributed by atoms with Gasteiger partial charge in [-0.15, -0.1) is 0 Å². The van der Waals surface area contributed by atoms with E-state index in [-0.39, 0.29) is 0 Å². The number of benzene rings is 2. The average molecular weight is 334 g/mol. The summed E-state index contributed by atoms with van der Waals surface area (Å²) in [5, 5.41) is 12.0. The molecule has 3 aromatic rings. The highest BCUT2D eigenvalue weighted by Gasteiger charge is 2.20. The van der Waals surface area contributed by atoms with Crippen molar-refractivity contribution < 1.29 is 0 Å². The first-order valence-corrected chi connectivity index (χ1v) is 9.16. The number of hydrogen-bond acceptors (Lipinski definition) is 3. The summed E-state index contributed by atoms with van der Waals surface area (Å²) in [5.74, 6) is 0. The lowest BCUT2D eigenvalue weighted by molar-refractivity contribution is 0.208. The third-order valence-electron chi connectivity index (χ3n) is 5.43. The van der Waals surface area contributed by atoms with E-state index in [1.165, 1.54) is 41.8 Å². The predicted molar refractivity (Wildman–Crippen MR) is 104 cm³/mol. The van der Waals surface area contributed by atoms with E-state index in [2.05, 4.69) is 70.7 Å². The molecule has 0 unspecified atom stereocenters. The van der Waals surface area contributed by atoms with Gasteiger partial charge in [-0.25, -0.2) is 0 Å². The second kappa shape index (κ2) is 6.89. The Bertz CT molecular complexity index is 867. The van der Waals surface area contributed by atoms with Crippen LogP contribution in [-0.2, 0) is 6.54 Å². The number of H-pyrrole nitrogens is 1. The Morgan fingerprint density at radius 2 is 2.16 bits per heavy atom. The first-order chi connectivity index (χ1) is 12.2. The van der Waals surface area contributed by atoms with Crippen molar-refractivity contribution in [2.24, 2.45) is 0 Å². The van der Waals surface area contributed by atoms with Crippen LogP contribution in [0.1, 0.15) is 29.5 Å². The smallest absolute Gasteiger partial charge is 0.0651 e. The molecule has 4 nitrogen and oxygen atoms in total. The quantitative estimate of drug-likeness (QED) is 0.749. The molecule has 0 spiro atoms. The summed E-state index contributed by atoms with van der Waals surface area (Å²) < 4.78 is 0. The van der Waals surface area contributed by atoms with E-state index >= 15 is 0 Å². The molecule has 1 aliphatic heterocycles. The molecule has 1 aromatic heterocycles. The number of fused-ring (bicyclic) bond motifs is 1. The zero-order chi connectivity index (χ0) is 17.2. The number of aryl methyl sites for hydroxylation is 1. The standard InChI is InChI=1S/C21H26N4/c1-15-5-3-6-17(16(15)2)13-25-10-4-7-20(14-25)23-19-8-9-21-18(11-19)12-22-24-21/h3,5-6,8-9,11-12,20,23H,4,7,10,13-14H2,1-2H3,(H,22,24)/t20-/m1/s1. The molecular weight excluding hydrogens is 308 g/mol. The molecule has 25 heavy (non-hydrogen) atoms. The van der Waals surface area contributed by atoms with Crippen molar-refractivity contribution in [2.45, 2.75) is 39.3 Å². The van der Waals surface area contributed by atoms with Crippen LogP contribution in [0.3, 0.4) is 0 Å². The molecule has 0 bridgehead atoms. The van der Waals surface area contributed by atoms with E-state index in [1.54, 1.807) is 0 Å². The molecule has 4 rings (SSSR count). The van der Waals surface area contributed by atoms with Gasteiger partial charge in [-0.3, -0.25) is 10.00 Å². The number of anilines is 1. The molecule has 0 aliphatic carbocycles. The monoisotopic (exact) mass is 334 g/mol. The highest BCUT2D eigenvalue weighted by atomic mass is 15.2. The van der Waals surface area contributed by atoms with Gasteiger partial charge in [-0.2, -0.15) is 5.10 Å². The normalized spacial score (nSPS) is 18.6. The van der Waals surface area contributed by atoms with Crippen molar-refractivity contribution in [3.05, 3.63) is 59.3 Å². The number of likely N-dealkylation sites (tertiary alicyclic amines) is 1. The Labute approximate surface area is 149 Å². The maximum absolute atomic E-state index is 4.10. The van der Waals surface area contributed by atoms with Gasteiger partial charge in [-0.1, -0.05) is 18.2 Å². The summed E-state index contributed by atoms with van der Waals surface area (Å²) in [7, 11) is 0. The fraction of sp³-hybridized carbons (Fsp3) is 0.381. The second-order valence-corrected chi connectivity index (χ2v) is 7.25. The fourth-order valence-electron chi connectivity index (χ4n) is 3.81. The van der Waals surface area contributed by atoms with Crippen molar-refractivity contribution in [2.75, 3.05) is 18.4 Å². The number of aromatic nitrogens is 2. The number of nitrogens with one attached hydrogen (secondary N) is 2. The zero-order valence-electron chi connectivity index (χ0n) is 15.0. The molecule has 2 heterocycles. The molecule has 1 fully saturated rings. The van der Waals surface area contributed by atoms with Crippen LogP contribution in [-0.4, -0.2) is 34.2 Å². The lowest BCUT2D eigenvalue weighted by Gasteiger charge is -2.34. The van der Waals surface area contributed by atoms with Crippen molar-refractivity contribution in [1.82, 2.24) is 15.1 Å². The minimum atomic E-state index is 0.503. The molecule has 1 aliphatic rings. The van der Waals surface area contributed by atoms with Crippen LogP contribution in [0.15, 0.2) is 42.6 Å². The van der Waals surface area contributed by atoms with E-state index in [0.29, 0.717) is 6.04 Å². The van der Waals surface area contributed by atoms with Gasteiger partial charge in [0.2, 0.25) is 0 Å². The molecular formula is C21H26N4. The maximum atomic E-state index is 4.10. The minimum absolute atomic E-state index is 0.503. The van der Waals surface area contributed by atoms with Crippen molar-refractivity contribution in [1.29, 1.82) is 0 Å². The van der Waals surface area contributed by atoms with Crippen molar-refractivity contribution in [3.8, 4) is 0 Å². The summed E-state index contributed by atoms with van der Waals surface area (Å²) in [6, 6.07) is 13.6. The van der Waals surface area contributed by atoms with Gasteiger partial charge in [-0.05, 0) is 68.1 Å². The Balaban J connectivity index is 1.42. The van der Waals surface area contributed by atoms with Crippen LogP contribution in [0, 0.1) is 13.8 Å². The summed E-state index contributed by atoms with van der Waals surface area (Å²) in [5.41, 5.74) is 6.55. The van der Waals surface area contributed by atoms with Gasteiger partial charge in [0.15, 0.2) is 0 Å². The zero-order valence-corrected chi connectivity index (χ0v) is 15.0. The second-order valence-electron chi connectivity index (χ2n) is 7.25. The number of rotatable bonds is 4. The fourth-order valence-corrected chi connectivity index (χ4v) is 3.81. The first-order valence-electron chi connectivity index (χ1n) is 9.16. The molecule has 0 radical (unpaired) electrons. The summed E-state index contributed by atoms with van der Waals surface area (Å²) in [6.45, 7) is 7.77. The molecule has 2 aromatic carbocycles. The summed E-state index contributed by atoms with van der Waals surface area (Å²) >= 11 is 0. The maximum Gasteiger partial charge on any atom is 0.0651 e. The predicted octanol–water partition coefficient (Wildman–Crippen LogP) is 4.26. The Kier molecular flexibility index (Phi) is 4.45. The van der Waals surface area contributed by atoms with Gasteiger partial charge in [0.1, 0.15) is 0 Å². The number of piperidine rings is 1. The van der Waals surface area contributed by atoms with Crippen LogP contribution in [0.5, 0.6) is 0 Å². The molecule has 2 N–H and O–H groups in total. The third kappa shape index (κ3) is 3.54. The van der Waals surface area contributed by atoms with Gasteiger partial charge in [0.05, 0.1) is 11.7 Å². The van der Waals surface area contributed by atoms with Crippen LogP contribution in [0.25, 0.3) is 10.9 Å². The lowest BCUT2D eigenvalue weighted by Crippen LogP contribution is -2.41. The highest BCUT2D eigenvalue weighted by molar-refractivity contribution is 5.81. The van der Waals surface area contributed by atoms with Gasteiger partial charge in [0, 0.05) is 30.2 Å². The van der Waals surface area contributed by atoms with E-state index < -0.39 is 0 Å². The Morgan fingerprint density at radius 1 is 1.24 bits per heavy atom.